The smallest absolute Gasteiger partial charge is 0.132 e. The number of nitrogens with zero attached hydrogens (tertiary/aromatic N) is 3. The van der Waals surface area contributed by atoms with Gasteiger partial charge in [-0.3, -0.25) is 0 Å². The van der Waals surface area contributed by atoms with Crippen LogP contribution in [0.15, 0.2) is 6.07 Å². The lowest BCUT2D eigenvalue weighted by molar-refractivity contribution is 0.428. The molecular formula is C14H24N4. The molecule has 2 heterocycles. The Hall–Kier alpha value is -1.16. The molecule has 0 saturated carbocycles. The number of aromatic nitrogens is 2. The molecule has 4 heteroatoms. The Morgan fingerprint density at radius 1 is 1.39 bits per heavy atom. The normalized spacial score (nSPS) is 19.8. The third-order valence-corrected chi connectivity index (χ3v) is 3.42. The maximum absolute atomic E-state index is 4.62. The van der Waals surface area contributed by atoms with E-state index in [9.17, 15) is 0 Å². The van der Waals surface area contributed by atoms with Gasteiger partial charge in [0.2, 0.25) is 0 Å². The molecule has 18 heavy (non-hydrogen) atoms. The monoisotopic (exact) mass is 248 g/mol. The predicted octanol–water partition coefficient (Wildman–Crippen LogP) is 2.06. The van der Waals surface area contributed by atoms with Crippen LogP contribution in [0.4, 0.5) is 5.82 Å². The molecule has 0 radical (unpaired) electrons. The van der Waals surface area contributed by atoms with Gasteiger partial charge in [-0.1, -0.05) is 6.92 Å². The van der Waals surface area contributed by atoms with E-state index >= 15 is 0 Å². The van der Waals surface area contributed by atoms with Gasteiger partial charge in [0.15, 0.2) is 0 Å². The topological polar surface area (TPSA) is 41.1 Å². The summed E-state index contributed by atoms with van der Waals surface area (Å²) in [4.78, 5) is 11.4. The highest BCUT2D eigenvalue weighted by Gasteiger charge is 2.21. The van der Waals surface area contributed by atoms with E-state index in [1.807, 2.05) is 13.8 Å². The Morgan fingerprint density at radius 2 is 2.22 bits per heavy atom. The van der Waals surface area contributed by atoms with E-state index < -0.39 is 0 Å². The summed E-state index contributed by atoms with van der Waals surface area (Å²) in [5, 5.41) is 3.49. The van der Waals surface area contributed by atoms with Crippen molar-refractivity contribution in [2.24, 2.45) is 0 Å². The molecule has 0 aromatic carbocycles. The van der Waals surface area contributed by atoms with E-state index in [0.29, 0.717) is 6.04 Å². The van der Waals surface area contributed by atoms with Crippen molar-refractivity contribution in [3.8, 4) is 0 Å². The molecule has 1 aromatic rings. The molecule has 0 bridgehead atoms. The van der Waals surface area contributed by atoms with E-state index in [0.717, 1.165) is 43.4 Å². The van der Waals surface area contributed by atoms with Gasteiger partial charge >= 0.3 is 0 Å². The zero-order valence-corrected chi connectivity index (χ0v) is 11.7. The standard InChI is InChI=1S/C14H24N4/c1-4-8-18(13-6-5-7-15-10-13)14-9-11(2)16-12(3)17-14/h9,13,15H,4-8,10H2,1-3H3. The van der Waals surface area contributed by atoms with Crippen LogP contribution in [0.1, 0.15) is 37.7 Å². The summed E-state index contributed by atoms with van der Waals surface area (Å²) in [5.41, 5.74) is 1.06. The van der Waals surface area contributed by atoms with Crippen LogP contribution in [0.25, 0.3) is 0 Å². The highest BCUT2D eigenvalue weighted by atomic mass is 15.2. The molecule has 1 fully saturated rings. The Balaban J connectivity index is 2.22. The summed E-state index contributed by atoms with van der Waals surface area (Å²) < 4.78 is 0. The average molecular weight is 248 g/mol. The minimum atomic E-state index is 0.576. The first-order chi connectivity index (χ1) is 8.70. The molecule has 1 saturated heterocycles. The predicted molar refractivity (Wildman–Crippen MR) is 75.0 cm³/mol. The number of aryl methyl sites for hydroxylation is 2. The lowest BCUT2D eigenvalue weighted by Gasteiger charge is -2.35. The van der Waals surface area contributed by atoms with Crippen LogP contribution in [-0.4, -0.2) is 35.6 Å². The summed E-state index contributed by atoms with van der Waals surface area (Å²) in [6, 6.07) is 2.68. The second-order valence-corrected chi connectivity index (χ2v) is 5.11. The molecule has 1 aliphatic heterocycles. The Morgan fingerprint density at radius 3 is 2.83 bits per heavy atom. The van der Waals surface area contributed by atoms with Crippen LogP contribution in [0.3, 0.4) is 0 Å². The number of nitrogens with one attached hydrogen (secondary N) is 1. The average Bonchev–Trinajstić information content (AvgIpc) is 2.36. The lowest BCUT2D eigenvalue weighted by atomic mass is 10.1. The quantitative estimate of drug-likeness (QED) is 0.885. The Labute approximate surface area is 110 Å². The Kier molecular flexibility index (Phi) is 4.53. The fraction of sp³-hybridized carbons (Fsp3) is 0.714. The van der Waals surface area contributed by atoms with Crippen LogP contribution in [0.2, 0.25) is 0 Å². The maximum Gasteiger partial charge on any atom is 0.132 e. The second-order valence-electron chi connectivity index (χ2n) is 5.11. The first-order valence-corrected chi connectivity index (χ1v) is 7.00. The molecule has 2 rings (SSSR count). The number of rotatable bonds is 4. The highest BCUT2D eigenvalue weighted by molar-refractivity contribution is 5.41. The van der Waals surface area contributed by atoms with Crippen molar-refractivity contribution in [1.29, 1.82) is 0 Å². The maximum atomic E-state index is 4.62. The van der Waals surface area contributed by atoms with Crippen molar-refractivity contribution in [1.82, 2.24) is 15.3 Å². The number of hydrogen-bond donors (Lipinski definition) is 1. The molecule has 0 amide bonds. The fourth-order valence-corrected chi connectivity index (χ4v) is 2.67. The van der Waals surface area contributed by atoms with E-state index in [-0.39, 0.29) is 0 Å². The third kappa shape index (κ3) is 3.19. The molecule has 1 N–H and O–H groups in total. The summed E-state index contributed by atoms with van der Waals surface area (Å²) in [6.45, 7) is 9.54. The molecule has 1 unspecified atom stereocenters. The molecule has 1 aromatic heterocycles. The summed E-state index contributed by atoms with van der Waals surface area (Å²) in [7, 11) is 0. The van der Waals surface area contributed by atoms with E-state index in [1.165, 1.54) is 12.8 Å². The van der Waals surface area contributed by atoms with E-state index in [1.54, 1.807) is 0 Å². The van der Waals surface area contributed by atoms with Crippen LogP contribution >= 0.6 is 0 Å². The molecule has 1 aliphatic rings. The van der Waals surface area contributed by atoms with Gasteiger partial charge in [-0.15, -0.1) is 0 Å². The van der Waals surface area contributed by atoms with Crippen molar-refractivity contribution in [2.45, 2.75) is 46.1 Å². The number of piperidine rings is 1. The van der Waals surface area contributed by atoms with Gasteiger partial charge in [0.25, 0.3) is 0 Å². The summed E-state index contributed by atoms with van der Waals surface area (Å²) in [6.07, 6.45) is 3.67. The van der Waals surface area contributed by atoms with Crippen LogP contribution in [0, 0.1) is 13.8 Å². The van der Waals surface area contributed by atoms with Gasteiger partial charge < -0.3 is 10.2 Å². The minimum absolute atomic E-state index is 0.576. The zero-order valence-electron chi connectivity index (χ0n) is 11.7. The van der Waals surface area contributed by atoms with Crippen molar-refractivity contribution in [3.05, 3.63) is 17.6 Å². The second kappa shape index (κ2) is 6.14. The third-order valence-electron chi connectivity index (χ3n) is 3.42. The minimum Gasteiger partial charge on any atom is -0.352 e. The summed E-state index contributed by atoms with van der Waals surface area (Å²) in [5.74, 6) is 1.96. The van der Waals surface area contributed by atoms with Crippen LogP contribution < -0.4 is 10.2 Å². The van der Waals surface area contributed by atoms with Crippen molar-refractivity contribution >= 4 is 5.82 Å². The van der Waals surface area contributed by atoms with Gasteiger partial charge in [0.1, 0.15) is 11.6 Å². The molecular weight excluding hydrogens is 224 g/mol. The summed E-state index contributed by atoms with van der Waals surface area (Å²) >= 11 is 0. The lowest BCUT2D eigenvalue weighted by Crippen LogP contribution is -2.47. The Bertz CT molecular complexity index is 365. The van der Waals surface area contributed by atoms with Crippen molar-refractivity contribution in [3.63, 3.8) is 0 Å². The SMILES string of the molecule is CCCN(c1cc(C)nc(C)n1)C1CCCNC1. The largest absolute Gasteiger partial charge is 0.352 e. The van der Waals surface area contributed by atoms with E-state index in [2.05, 4.69) is 33.2 Å². The van der Waals surface area contributed by atoms with Crippen molar-refractivity contribution < 1.29 is 0 Å². The molecule has 1 atom stereocenters. The molecule has 0 aliphatic carbocycles. The van der Waals surface area contributed by atoms with E-state index in [4.69, 9.17) is 0 Å². The van der Waals surface area contributed by atoms with Gasteiger partial charge in [-0.25, -0.2) is 9.97 Å². The molecule has 4 nitrogen and oxygen atoms in total. The van der Waals surface area contributed by atoms with Crippen LogP contribution in [0.5, 0.6) is 0 Å². The van der Waals surface area contributed by atoms with Crippen molar-refractivity contribution in [2.75, 3.05) is 24.5 Å². The number of hydrogen-bond acceptors (Lipinski definition) is 4. The number of anilines is 1. The highest BCUT2D eigenvalue weighted by Crippen LogP contribution is 2.20. The molecule has 100 valence electrons. The molecule has 0 spiro atoms. The van der Waals surface area contributed by atoms with Gasteiger partial charge in [-0.2, -0.15) is 0 Å². The first kappa shape index (κ1) is 13.3. The van der Waals surface area contributed by atoms with Gasteiger partial charge in [0.05, 0.1) is 0 Å². The fourth-order valence-electron chi connectivity index (χ4n) is 2.67. The zero-order chi connectivity index (χ0) is 13.0. The van der Waals surface area contributed by atoms with Gasteiger partial charge in [-0.05, 0) is 39.7 Å². The van der Waals surface area contributed by atoms with Crippen LogP contribution in [-0.2, 0) is 0 Å². The van der Waals surface area contributed by atoms with Gasteiger partial charge in [0, 0.05) is 30.9 Å². The first-order valence-electron chi connectivity index (χ1n) is 7.00.